The molecule has 2 aliphatic carbocycles. The lowest BCUT2D eigenvalue weighted by molar-refractivity contribution is 0.335. The Labute approximate surface area is 153 Å². The zero-order chi connectivity index (χ0) is 18.3. The Morgan fingerprint density at radius 2 is 1.85 bits per heavy atom. The van der Waals surface area contributed by atoms with Crippen LogP contribution in [0.4, 0.5) is 5.69 Å². The van der Waals surface area contributed by atoms with E-state index in [1.807, 2.05) is 6.07 Å². The summed E-state index contributed by atoms with van der Waals surface area (Å²) >= 11 is 0. The van der Waals surface area contributed by atoms with Crippen LogP contribution in [0.1, 0.15) is 73.0 Å². The first kappa shape index (κ1) is 17.1. The van der Waals surface area contributed by atoms with Gasteiger partial charge in [0.15, 0.2) is 0 Å². The van der Waals surface area contributed by atoms with E-state index in [2.05, 4.69) is 36.3 Å². The lowest BCUT2D eigenvalue weighted by Gasteiger charge is -2.24. The molecular formula is C21H27N3O2. The summed E-state index contributed by atoms with van der Waals surface area (Å²) in [5.41, 5.74) is 4.77. The molecule has 0 saturated heterocycles. The monoisotopic (exact) mass is 353 g/mol. The van der Waals surface area contributed by atoms with Gasteiger partial charge in [0.1, 0.15) is 0 Å². The second kappa shape index (κ2) is 6.78. The molecule has 2 N–H and O–H groups in total. The third-order valence-corrected chi connectivity index (χ3v) is 6.17. The number of benzene rings is 1. The number of aromatic nitrogens is 2. The lowest BCUT2D eigenvalue weighted by atomic mass is 9.95. The second-order valence-corrected chi connectivity index (χ2v) is 7.77. The van der Waals surface area contributed by atoms with Crippen molar-refractivity contribution in [1.29, 1.82) is 0 Å². The van der Waals surface area contributed by atoms with Crippen molar-refractivity contribution in [1.82, 2.24) is 9.55 Å². The number of nitrogens with one attached hydrogen (secondary N) is 2. The minimum Gasteiger partial charge on any atom is -0.377 e. The highest BCUT2D eigenvalue weighted by atomic mass is 16.2. The molecule has 26 heavy (non-hydrogen) atoms. The molecule has 1 fully saturated rings. The van der Waals surface area contributed by atoms with E-state index >= 15 is 0 Å². The fourth-order valence-electron chi connectivity index (χ4n) is 4.49. The number of hydrogen-bond donors (Lipinski definition) is 2. The van der Waals surface area contributed by atoms with Crippen LogP contribution < -0.4 is 16.6 Å². The Morgan fingerprint density at radius 3 is 2.62 bits per heavy atom. The van der Waals surface area contributed by atoms with Gasteiger partial charge in [-0.3, -0.25) is 9.36 Å². The van der Waals surface area contributed by atoms with Crippen molar-refractivity contribution in [3.05, 3.63) is 61.4 Å². The molecule has 0 bridgehead atoms. The van der Waals surface area contributed by atoms with Crippen molar-refractivity contribution in [3.8, 4) is 0 Å². The smallest absolute Gasteiger partial charge is 0.328 e. The molecule has 1 aromatic heterocycles. The second-order valence-electron chi connectivity index (χ2n) is 7.77. The molecule has 0 unspecified atom stereocenters. The highest BCUT2D eigenvalue weighted by Gasteiger charge is 2.30. The average molecular weight is 353 g/mol. The highest BCUT2D eigenvalue weighted by Crippen LogP contribution is 2.32. The summed E-state index contributed by atoms with van der Waals surface area (Å²) < 4.78 is 1.50. The molecule has 5 heteroatoms. The molecule has 5 nitrogen and oxygen atoms in total. The predicted molar refractivity (Wildman–Crippen MR) is 104 cm³/mol. The summed E-state index contributed by atoms with van der Waals surface area (Å²) in [7, 11) is 0. The molecule has 0 spiro atoms. The van der Waals surface area contributed by atoms with Crippen LogP contribution in [0, 0.1) is 13.8 Å². The molecule has 1 saturated carbocycles. The Balaban J connectivity index is 1.68. The van der Waals surface area contributed by atoms with Crippen molar-refractivity contribution in [2.45, 2.75) is 70.9 Å². The van der Waals surface area contributed by atoms with Gasteiger partial charge in [0, 0.05) is 17.3 Å². The number of H-pyrrole nitrogens is 1. The first-order chi connectivity index (χ1) is 12.6. The molecule has 4 rings (SSSR count). The fourth-order valence-corrected chi connectivity index (χ4v) is 4.49. The standard InChI is InChI=1S/C21H27N3O2/c1-13-7-6-10-17(14(13)2)22-18-12-11-16-19(18)23-21(26)24(20(16)25)15-8-4-3-5-9-15/h6-7,10,15,18,22H,3-5,8-9,11-12H2,1-2H3,(H,23,26)/t18-/m1/s1. The maximum Gasteiger partial charge on any atom is 0.328 e. The SMILES string of the molecule is Cc1cccc(N[C@@H]2CCc3c2[nH]c(=O)n(C2CCCCC2)c3=O)c1C. The number of hydrogen-bond acceptors (Lipinski definition) is 3. The maximum absolute atomic E-state index is 13.0. The van der Waals surface area contributed by atoms with Gasteiger partial charge in [-0.1, -0.05) is 31.4 Å². The maximum atomic E-state index is 13.0. The van der Waals surface area contributed by atoms with Crippen LogP contribution in [0.25, 0.3) is 0 Å². The number of anilines is 1. The zero-order valence-electron chi connectivity index (χ0n) is 15.6. The van der Waals surface area contributed by atoms with Crippen LogP contribution in [0.3, 0.4) is 0 Å². The average Bonchev–Trinajstić information content (AvgIpc) is 3.03. The highest BCUT2D eigenvalue weighted by molar-refractivity contribution is 5.55. The van der Waals surface area contributed by atoms with Crippen LogP contribution in [0.5, 0.6) is 0 Å². The summed E-state index contributed by atoms with van der Waals surface area (Å²) in [6.07, 6.45) is 6.84. The fraction of sp³-hybridized carbons (Fsp3) is 0.524. The summed E-state index contributed by atoms with van der Waals surface area (Å²) in [5.74, 6) is 0. The summed E-state index contributed by atoms with van der Waals surface area (Å²) in [5, 5.41) is 3.54. The molecule has 2 aliphatic rings. The van der Waals surface area contributed by atoms with Gasteiger partial charge in [0.2, 0.25) is 0 Å². The molecular weight excluding hydrogens is 326 g/mol. The van der Waals surface area contributed by atoms with Crippen LogP contribution in [0.2, 0.25) is 0 Å². The van der Waals surface area contributed by atoms with Crippen LogP contribution in [-0.2, 0) is 6.42 Å². The Bertz CT molecular complexity index is 935. The zero-order valence-corrected chi connectivity index (χ0v) is 15.6. The lowest BCUT2D eigenvalue weighted by Crippen LogP contribution is -2.41. The van der Waals surface area contributed by atoms with Gasteiger partial charge in [-0.2, -0.15) is 0 Å². The minimum atomic E-state index is -0.240. The van der Waals surface area contributed by atoms with E-state index in [1.54, 1.807) is 0 Å². The Kier molecular flexibility index (Phi) is 4.47. The number of aryl methyl sites for hydroxylation is 1. The first-order valence-electron chi connectivity index (χ1n) is 9.76. The molecule has 0 radical (unpaired) electrons. The molecule has 1 aromatic carbocycles. The number of rotatable bonds is 3. The van der Waals surface area contributed by atoms with E-state index in [9.17, 15) is 9.59 Å². The van der Waals surface area contributed by atoms with E-state index < -0.39 is 0 Å². The molecule has 0 aliphatic heterocycles. The summed E-state index contributed by atoms with van der Waals surface area (Å²) in [6, 6.07) is 6.24. The van der Waals surface area contributed by atoms with Crippen molar-refractivity contribution in [3.63, 3.8) is 0 Å². The van der Waals surface area contributed by atoms with Crippen molar-refractivity contribution < 1.29 is 0 Å². The van der Waals surface area contributed by atoms with E-state index in [4.69, 9.17) is 0 Å². The molecule has 2 aromatic rings. The van der Waals surface area contributed by atoms with Crippen molar-refractivity contribution in [2.75, 3.05) is 5.32 Å². The molecule has 0 amide bonds. The minimum absolute atomic E-state index is 0.00749. The van der Waals surface area contributed by atoms with Gasteiger partial charge in [0.25, 0.3) is 5.56 Å². The van der Waals surface area contributed by atoms with Gasteiger partial charge < -0.3 is 10.3 Å². The number of fused-ring (bicyclic) bond motifs is 1. The van der Waals surface area contributed by atoms with Crippen molar-refractivity contribution in [2.24, 2.45) is 0 Å². The molecule has 1 atom stereocenters. The third kappa shape index (κ3) is 2.89. The van der Waals surface area contributed by atoms with Gasteiger partial charge in [-0.05, 0) is 56.7 Å². The van der Waals surface area contributed by atoms with Gasteiger partial charge in [0.05, 0.1) is 11.7 Å². The normalized spacial score (nSPS) is 20.2. The van der Waals surface area contributed by atoms with Gasteiger partial charge in [-0.25, -0.2) is 4.79 Å². The van der Waals surface area contributed by atoms with E-state index in [0.717, 1.165) is 55.5 Å². The molecule has 138 valence electrons. The summed E-state index contributed by atoms with van der Waals surface area (Å²) in [4.78, 5) is 28.8. The third-order valence-electron chi connectivity index (χ3n) is 6.17. The van der Waals surface area contributed by atoms with Crippen LogP contribution in [0.15, 0.2) is 27.8 Å². The van der Waals surface area contributed by atoms with Crippen molar-refractivity contribution >= 4 is 5.69 Å². The van der Waals surface area contributed by atoms with Crippen LogP contribution >= 0.6 is 0 Å². The Hall–Kier alpha value is -2.30. The summed E-state index contributed by atoms with van der Waals surface area (Å²) in [6.45, 7) is 4.19. The number of nitrogens with zero attached hydrogens (tertiary/aromatic N) is 1. The molecule has 1 heterocycles. The Morgan fingerprint density at radius 1 is 1.08 bits per heavy atom. The largest absolute Gasteiger partial charge is 0.377 e. The van der Waals surface area contributed by atoms with Gasteiger partial charge >= 0.3 is 5.69 Å². The quantitative estimate of drug-likeness (QED) is 0.883. The van der Waals surface area contributed by atoms with E-state index in [1.165, 1.54) is 22.1 Å². The first-order valence-corrected chi connectivity index (χ1v) is 9.76. The topological polar surface area (TPSA) is 66.9 Å². The number of aromatic amines is 1. The van der Waals surface area contributed by atoms with E-state index in [0.29, 0.717) is 0 Å². The predicted octanol–water partition coefficient (Wildman–Crippen LogP) is 3.76. The van der Waals surface area contributed by atoms with Crippen LogP contribution in [-0.4, -0.2) is 9.55 Å². The van der Waals surface area contributed by atoms with E-state index in [-0.39, 0.29) is 23.3 Å². The van der Waals surface area contributed by atoms with Gasteiger partial charge in [-0.15, -0.1) is 0 Å².